The highest BCUT2D eigenvalue weighted by atomic mass is 19.1. The number of hydrogen-bond acceptors (Lipinski definition) is 6. The Kier molecular flexibility index (Phi) is 5.84. The van der Waals surface area contributed by atoms with E-state index in [9.17, 15) is 9.18 Å². The van der Waals surface area contributed by atoms with E-state index in [1.54, 1.807) is 31.6 Å². The second kappa shape index (κ2) is 9.09. The highest BCUT2D eigenvalue weighted by Crippen LogP contribution is 2.43. The first-order valence-electron chi connectivity index (χ1n) is 10.9. The molecule has 0 amide bonds. The van der Waals surface area contributed by atoms with Crippen LogP contribution in [0.2, 0.25) is 0 Å². The quantitative estimate of drug-likeness (QED) is 0.307. The minimum atomic E-state index is -0.448. The van der Waals surface area contributed by atoms with Gasteiger partial charge >= 0.3 is 5.97 Å². The van der Waals surface area contributed by atoms with E-state index in [-0.39, 0.29) is 18.2 Å². The Morgan fingerprint density at radius 2 is 1.79 bits per heavy atom. The predicted octanol–water partition coefficient (Wildman–Crippen LogP) is 6.15. The van der Waals surface area contributed by atoms with Crippen LogP contribution in [-0.4, -0.2) is 20.2 Å². The summed E-state index contributed by atoms with van der Waals surface area (Å²) in [4.78, 5) is 11.6. The van der Waals surface area contributed by atoms with Gasteiger partial charge in [0, 0.05) is 28.1 Å². The maximum Gasteiger partial charge on any atom is 0.310 e. The molecule has 0 fully saturated rings. The Balaban J connectivity index is 1.37. The standard InChI is InChI=1S/C27H23FO6/c1-30-17-3-5-18(6-4-17)33-23-12-10-22(28)27-21(23)9-11-24(27)34-19-7-8-20-16(13-26(29)31-2)15-32-25(20)14-19/h3-8,10,12,14-15,24H,9,11,13H2,1-2H3. The number of fused-ring (bicyclic) bond motifs is 2. The highest BCUT2D eigenvalue weighted by molar-refractivity contribution is 5.86. The molecule has 1 unspecified atom stereocenters. The van der Waals surface area contributed by atoms with Crippen LogP contribution in [0, 0.1) is 5.82 Å². The summed E-state index contributed by atoms with van der Waals surface area (Å²) in [5.74, 6) is 1.89. The summed E-state index contributed by atoms with van der Waals surface area (Å²) in [6.45, 7) is 0. The zero-order valence-electron chi connectivity index (χ0n) is 18.8. The molecule has 0 radical (unpaired) electrons. The minimum Gasteiger partial charge on any atom is -0.497 e. The van der Waals surface area contributed by atoms with E-state index in [1.807, 2.05) is 30.3 Å². The van der Waals surface area contributed by atoms with Gasteiger partial charge in [-0.3, -0.25) is 4.79 Å². The van der Waals surface area contributed by atoms with Crippen LogP contribution in [0.5, 0.6) is 23.0 Å². The fourth-order valence-corrected chi connectivity index (χ4v) is 4.29. The van der Waals surface area contributed by atoms with Crippen LogP contribution in [0.3, 0.4) is 0 Å². The topological polar surface area (TPSA) is 67.1 Å². The fourth-order valence-electron chi connectivity index (χ4n) is 4.29. The van der Waals surface area contributed by atoms with Crippen molar-refractivity contribution in [3.05, 3.63) is 83.4 Å². The Labute approximate surface area is 195 Å². The van der Waals surface area contributed by atoms with Gasteiger partial charge in [0.15, 0.2) is 0 Å². The van der Waals surface area contributed by atoms with E-state index in [2.05, 4.69) is 0 Å². The third-order valence-corrected chi connectivity index (χ3v) is 5.99. The number of esters is 1. The molecule has 1 aliphatic rings. The summed E-state index contributed by atoms with van der Waals surface area (Å²) in [5, 5.41) is 0.811. The molecule has 4 aromatic rings. The molecule has 3 aromatic carbocycles. The van der Waals surface area contributed by atoms with Crippen LogP contribution >= 0.6 is 0 Å². The summed E-state index contributed by atoms with van der Waals surface area (Å²) in [7, 11) is 2.95. The van der Waals surface area contributed by atoms with Crippen molar-refractivity contribution in [3.63, 3.8) is 0 Å². The van der Waals surface area contributed by atoms with E-state index in [4.69, 9.17) is 23.4 Å². The molecule has 0 spiro atoms. The van der Waals surface area contributed by atoms with Crippen molar-refractivity contribution in [3.8, 4) is 23.0 Å². The molecule has 0 bridgehead atoms. The lowest BCUT2D eigenvalue weighted by molar-refractivity contribution is -0.139. The maximum atomic E-state index is 14.9. The van der Waals surface area contributed by atoms with E-state index in [1.165, 1.54) is 13.2 Å². The molecule has 0 aliphatic heterocycles. The molecule has 7 heteroatoms. The number of hydrogen-bond donors (Lipinski definition) is 0. The smallest absolute Gasteiger partial charge is 0.310 e. The van der Waals surface area contributed by atoms with Crippen LogP contribution in [0.1, 0.15) is 29.2 Å². The zero-order chi connectivity index (χ0) is 23.7. The van der Waals surface area contributed by atoms with E-state index in [0.717, 1.165) is 22.3 Å². The number of carbonyl (C=O) groups is 1. The first kappa shape index (κ1) is 21.8. The average Bonchev–Trinajstić information content (AvgIpc) is 3.46. The second-order valence-electron chi connectivity index (χ2n) is 8.03. The van der Waals surface area contributed by atoms with Gasteiger partial charge in [-0.05, 0) is 61.4 Å². The lowest BCUT2D eigenvalue weighted by atomic mass is 10.1. The number of halogens is 1. The van der Waals surface area contributed by atoms with Crippen molar-refractivity contribution in [2.24, 2.45) is 0 Å². The molecule has 1 heterocycles. The van der Waals surface area contributed by atoms with Crippen molar-refractivity contribution >= 4 is 16.9 Å². The molecule has 1 aliphatic carbocycles. The van der Waals surface area contributed by atoms with Gasteiger partial charge in [-0.1, -0.05) is 0 Å². The number of carbonyl (C=O) groups excluding carboxylic acids is 1. The Morgan fingerprint density at radius 3 is 2.56 bits per heavy atom. The zero-order valence-corrected chi connectivity index (χ0v) is 18.8. The van der Waals surface area contributed by atoms with Crippen molar-refractivity contribution in [2.75, 3.05) is 14.2 Å². The van der Waals surface area contributed by atoms with Gasteiger partial charge in [0.2, 0.25) is 0 Å². The molecule has 1 atom stereocenters. The lowest BCUT2D eigenvalue weighted by Crippen LogP contribution is -2.06. The number of furan rings is 1. The molecular weight excluding hydrogens is 439 g/mol. The lowest BCUT2D eigenvalue weighted by Gasteiger charge is -2.17. The van der Waals surface area contributed by atoms with Crippen molar-refractivity contribution in [2.45, 2.75) is 25.4 Å². The Bertz CT molecular complexity index is 1340. The van der Waals surface area contributed by atoms with E-state index in [0.29, 0.717) is 41.2 Å². The van der Waals surface area contributed by atoms with Crippen LogP contribution in [0.15, 0.2) is 65.3 Å². The molecule has 1 aromatic heterocycles. The molecule has 0 saturated carbocycles. The highest BCUT2D eigenvalue weighted by Gasteiger charge is 2.31. The van der Waals surface area contributed by atoms with Gasteiger partial charge in [0.25, 0.3) is 0 Å². The monoisotopic (exact) mass is 462 g/mol. The molecule has 34 heavy (non-hydrogen) atoms. The first-order chi connectivity index (χ1) is 16.6. The van der Waals surface area contributed by atoms with E-state index < -0.39 is 6.10 Å². The van der Waals surface area contributed by atoms with Gasteiger partial charge in [-0.2, -0.15) is 0 Å². The van der Waals surface area contributed by atoms with E-state index >= 15 is 0 Å². The molecule has 174 valence electrons. The van der Waals surface area contributed by atoms with Gasteiger partial charge in [0.1, 0.15) is 40.5 Å². The number of benzene rings is 3. The van der Waals surface area contributed by atoms with Gasteiger partial charge < -0.3 is 23.4 Å². The van der Waals surface area contributed by atoms with Crippen molar-refractivity contribution in [1.82, 2.24) is 0 Å². The van der Waals surface area contributed by atoms with Crippen LogP contribution in [-0.2, 0) is 22.4 Å². The minimum absolute atomic E-state index is 0.127. The summed E-state index contributed by atoms with van der Waals surface area (Å²) in [6, 6.07) is 15.7. The number of methoxy groups -OCH3 is 2. The van der Waals surface area contributed by atoms with Crippen LogP contribution in [0.4, 0.5) is 4.39 Å². The van der Waals surface area contributed by atoms with Crippen molar-refractivity contribution < 1.29 is 32.5 Å². The van der Waals surface area contributed by atoms with Gasteiger partial charge in [0.05, 0.1) is 26.9 Å². The largest absolute Gasteiger partial charge is 0.497 e. The predicted molar refractivity (Wildman–Crippen MR) is 123 cm³/mol. The second-order valence-corrected chi connectivity index (χ2v) is 8.03. The van der Waals surface area contributed by atoms with Crippen LogP contribution < -0.4 is 14.2 Å². The first-order valence-corrected chi connectivity index (χ1v) is 10.9. The SMILES string of the molecule is COC(=O)Cc1coc2cc(OC3CCc4c(Oc5ccc(OC)cc5)ccc(F)c43)ccc12. The van der Waals surface area contributed by atoms with Gasteiger partial charge in [-0.25, -0.2) is 4.39 Å². The van der Waals surface area contributed by atoms with Gasteiger partial charge in [-0.15, -0.1) is 0 Å². The van der Waals surface area contributed by atoms with Crippen LogP contribution in [0.25, 0.3) is 11.0 Å². The molecule has 6 nitrogen and oxygen atoms in total. The van der Waals surface area contributed by atoms with Crippen molar-refractivity contribution in [1.29, 1.82) is 0 Å². The number of rotatable bonds is 7. The molecule has 0 saturated heterocycles. The normalized spacial score (nSPS) is 14.6. The molecule has 5 rings (SSSR count). The summed E-state index contributed by atoms with van der Waals surface area (Å²) in [6.07, 6.45) is 2.48. The molecule has 0 N–H and O–H groups in total. The Hall–Kier alpha value is -4.00. The molecular formula is C27H23FO6. The number of ether oxygens (including phenoxy) is 4. The fraction of sp³-hybridized carbons (Fsp3) is 0.222. The Morgan fingerprint density at radius 1 is 1.03 bits per heavy atom. The summed E-state index contributed by atoms with van der Waals surface area (Å²) < 4.78 is 42.6. The third kappa shape index (κ3) is 4.17. The summed E-state index contributed by atoms with van der Waals surface area (Å²) in [5.41, 5.74) is 2.65. The maximum absolute atomic E-state index is 14.9. The summed E-state index contributed by atoms with van der Waals surface area (Å²) >= 11 is 0. The average molecular weight is 462 g/mol. The third-order valence-electron chi connectivity index (χ3n) is 5.99.